The molecule has 108 valence electrons. The predicted octanol–water partition coefficient (Wildman–Crippen LogP) is 2.83. The Labute approximate surface area is 118 Å². The van der Waals surface area contributed by atoms with Crippen LogP contribution in [0.5, 0.6) is 0 Å². The first-order valence-corrected chi connectivity index (χ1v) is 7.08. The van der Waals surface area contributed by atoms with Crippen LogP contribution in [0.25, 0.3) is 0 Å². The molecule has 2 atom stereocenters. The van der Waals surface area contributed by atoms with Gasteiger partial charge in [0.25, 0.3) is 5.69 Å². The smallest absolute Gasteiger partial charge is 0.273 e. The second-order valence-electron chi connectivity index (χ2n) is 5.60. The fourth-order valence-electron chi connectivity index (χ4n) is 2.86. The van der Waals surface area contributed by atoms with Crippen LogP contribution in [0.15, 0.2) is 24.3 Å². The number of nitrogens with one attached hydrogen (secondary N) is 1. The van der Waals surface area contributed by atoms with Gasteiger partial charge in [-0.15, -0.1) is 0 Å². The molecule has 1 saturated carbocycles. The molecular formula is C15H20N2O3. The van der Waals surface area contributed by atoms with Crippen molar-refractivity contribution >= 4 is 11.6 Å². The molecule has 0 heterocycles. The van der Waals surface area contributed by atoms with E-state index in [1.807, 2.05) is 0 Å². The summed E-state index contributed by atoms with van der Waals surface area (Å²) in [5, 5.41) is 13.9. The third kappa shape index (κ3) is 3.79. The molecule has 1 aromatic carbocycles. The Balaban J connectivity index is 1.96. The SMILES string of the molecule is CC1CCCC(NC(=O)Cc2ccccc2[N+](=O)[O-])C1. The molecule has 0 bridgehead atoms. The van der Waals surface area contributed by atoms with Crippen LogP contribution in [0.4, 0.5) is 5.69 Å². The van der Waals surface area contributed by atoms with Crippen LogP contribution in [0, 0.1) is 16.0 Å². The monoisotopic (exact) mass is 276 g/mol. The van der Waals surface area contributed by atoms with Gasteiger partial charge >= 0.3 is 0 Å². The molecule has 1 N–H and O–H groups in total. The van der Waals surface area contributed by atoms with E-state index in [0.29, 0.717) is 11.5 Å². The summed E-state index contributed by atoms with van der Waals surface area (Å²) in [6, 6.07) is 6.63. The van der Waals surface area contributed by atoms with Gasteiger partial charge in [0.1, 0.15) is 0 Å². The normalized spacial score (nSPS) is 22.2. The zero-order chi connectivity index (χ0) is 14.5. The highest BCUT2D eigenvalue weighted by atomic mass is 16.6. The number of nitrogens with zero attached hydrogens (tertiary/aromatic N) is 1. The van der Waals surface area contributed by atoms with Gasteiger partial charge in [-0.25, -0.2) is 0 Å². The van der Waals surface area contributed by atoms with Crippen LogP contribution in [0.3, 0.4) is 0 Å². The first-order valence-electron chi connectivity index (χ1n) is 7.08. The maximum absolute atomic E-state index is 12.0. The van der Waals surface area contributed by atoms with E-state index < -0.39 is 4.92 Å². The van der Waals surface area contributed by atoms with Gasteiger partial charge in [-0.2, -0.15) is 0 Å². The standard InChI is InChI=1S/C15H20N2O3/c1-11-5-4-7-13(9-11)16-15(18)10-12-6-2-3-8-14(12)17(19)20/h2-3,6,8,11,13H,4-5,7,9-10H2,1H3,(H,16,18). The number of hydrogen-bond donors (Lipinski definition) is 1. The Kier molecular flexibility index (Phi) is 4.71. The van der Waals surface area contributed by atoms with Gasteiger partial charge in [0, 0.05) is 17.7 Å². The maximum atomic E-state index is 12.0. The molecule has 0 saturated heterocycles. The highest BCUT2D eigenvalue weighted by Crippen LogP contribution is 2.24. The third-order valence-electron chi connectivity index (χ3n) is 3.84. The van der Waals surface area contributed by atoms with E-state index in [2.05, 4.69) is 12.2 Å². The van der Waals surface area contributed by atoms with E-state index in [9.17, 15) is 14.9 Å². The summed E-state index contributed by atoms with van der Waals surface area (Å²) in [5.41, 5.74) is 0.485. The Morgan fingerprint density at radius 3 is 2.85 bits per heavy atom. The van der Waals surface area contributed by atoms with Gasteiger partial charge in [0.2, 0.25) is 5.91 Å². The van der Waals surface area contributed by atoms with Crippen molar-refractivity contribution in [1.82, 2.24) is 5.32 Å². The lowest BCUT2D eigenvalue weighted by Gasteiger charge is -2.27. The van der Waals surface area contributed by atoms with Crippen molar-refractivity contribution in [2.24, 2.45) is 5.92 Å². The molecule has 0 spiro atoms. The highest BCUT2D eigenvalue weighted by molar-refractivity contribution is 5.80. The molecule has 1 aliphatic rings. The van der Waals surface area contributed by atoms with Crippen molar-refractivity contribution in [3.8, 4) is 0 Å². The number of para-hydroxylation sites is 1. The Morgan fingerprint density at radius 2 is 2.15 bits per heavy atom. The van der Waals surface area contributed by atoms with Gasteiger partial charge in [-0.05, 0) is 18.8 Å². The minimum Gasteiger partial charge on any atom is -0.353 e. The summed E-state index contributed by atoms with van der Waals surface area (Å²) < 4.78 is 0. The van der Waals surface area contributed by atoms with Gasteiger partial charge in [-0.1, -0.05) is 38.0 Å². The van der Waals surface area contributed by atoms with E-state index in [4.69, 9.17) is 0 Å². The Hall–Kier alpha value is -1.91. The average Bonchev–Trinajstić information content (AvgIpc) is 2.38. The van der Waals surface area contributed by atoms with Gasteiger partial charge in [-0.3, -0.25) is 14.9 Å². The summed E-state index contributed by atoms with van der Waals surface area (Å²) in [6.07, 6.45) is 4.44. The van der Waals surface area contributed by atoms with Crippen LogP contribution in [-0.4, -0.2) is 16.9 Å². The Morgan fingerprint density at radius 1 is 1.40 bits per heavy atom. The van der Waals surface area contributed by atoms with Crippen molar-refractivity contribution in [2.75, 3.05) is 0 Å². The first-order chi connectivity index (χ1) is 9.56. The van der Waals surface area contributed by atoms with Crippen LogP contribution < -0.4 is 5.32 Å². The summed E-state index contributed by atoms with van der Waals surface area (Å²) in [5.74, 6) is 0.513. The quantitative estimate of drug-likeness (QED) is 0.679. The lowest BCUT2D eigenvalue weighted by Crippen LogP contribution is -2.38. The zero-order valence-corrected chi connectivity index (χ0v) is 11.7. The molecule has 5 heteroatoms. The number of rotatable bonds is 4. The summed E-state index contributed by atoms with van der Waals surface area (Å²) in [7, 11) is 0. The lowest BCUT2D eigenvalue weighted by atomic mass is 9.87. The molecule has 2 unspecified atom stereocenters. The molecule has 0 aromatic heterocycles. The van der Waals surface area contributed by atoms with Crippen LogP contribution in [-0.2, 0) is 11.2 Å². The zero-order valence-electron chi connectivity index (χ0n) is 11.7. The fourth-order valence-corrected chi connectivity index (χ4v) is 2.86. The van der Waals surface area contributed by atoms with Crippen LogP contribution >= 0.6 is 0 Å². The molecule has 20 heavy (non-hydrogen) atoms. The molecule has 1 aromatic rings. The topological polar surface area (TPSA) is 72.2 Å². The van der Waals surface area contributed by atoms with Crippen LogP contribution in [0.2, 0.25) is 0 Å². The number of carbonyl (C=O) groups is 1. The number of amides is 1. The van der Waals surface area contributed by atoms with Crippen molar-refractivity contribution in [2.45, 2.75) is 45.1 Å². The second-order valence-corrected chi connectivity index (χ2v) is 5.60. The molecule has 1 fully saturated rings. The average molecular weight is 276 g/mol. The number of carbonyl (C=O) groups excluding carboxylic acids is 1. The van der Waals surface area contributed by atoms with E-state index in [1.165, 1.54) is 12.5 Å². The summed E-state index contributed by atoms with van der Waals surface area (Å²) in [4.78, 5) is 22.5. The fraction of sp³-hybridized carbons (Fsp3) is 0.533. The van der Waals surface area contributed by atoms with Crippen molar-refractivity contribution < 1.29 is 9.72 Å². The molecule has 0 aliphatic heterocycles. The first kappa shape index (κ1) is 14.5. The summed E-state index contributed by atoms with van der Waals surface area (Å²) >= 11 is 0. The second kappa shape index (κ2) is 6.50. The molecule has 2 rings (SSSR count). The van der Waals surface area contributed by atoms with Crippen molar-refractivity contribution in [1.29, 1.82) is 0 Å². The predicted molar refractivity (Wildman–Crippen MR) is 76.4 cm³/mol. The number of nitro benzene ring substituents is 1. The number of nitro groups is 1. The van der Waals surface area contributed by atoms with Gasteiger partial charge in [0.05, 0.1) is 11.3 Å². The van der Waals surface area contributed by atoms with Gasteiger partial charge in [0.15, 0.2) is 0 Å². The minimum absolute atomic E-state index is 0.0136. The minimum atomic E-state index is -0.439. The number of benzene rings is 1. The molecule has 1 aliphatic carbocycles. The molecule has 5 nitrogen and oxygen atoms in total. The van der Waals surface area contributed by atoms with Crippen molar-refractivity contribution in [3.05, 3.63) is 39.9 Å². The molecular weight excluding hydrogens is 256 g/mol. The van der Waals surface area contributed by atoms with E-state index >= 15 is 0 Å². The van der Waals surface area contributed by atoms with Crippen molar-refractivity contribution in [3.63, 3.8) is 0 Å². The van der Waals surface area contributed by atoms with E-state index in [-0.39, 0.29) is 24.1 Å². The molecule has 1 amide bonds. The Bertz CT molecular complexity index is 502. The largest absolute Gasteiger partial charge is 0.353 e. The lowest BCUT2D eigenvalue weighted by molar-refractivity contribution is -0.385. The van der Waals surface area contributed by atoms with Crippen LogP contribution in [0.1, 0.15) is 38.2 Å². The summed E-state index contributed by atoms with van der Waals surface area (Å²) in [6.45, 7) is 2.19. The van der Waals surface area contributed by atoms with E-state index in [0.717, 1.165) is 19.3 Å². The van der Waals surface area contributed by atoms with Gasteiger partial charge < -0.3 is 5.32 Å². The van der Waals surface area contributed by atoms with E-state index in [1.54, 1.807) is 18.2 Å². The highest BCUT2D eigenvalue weighted by Gasteiger charge is 2.22. The number of hydrogen-bond acceptors (Lipinski definition) is 3. The third-order valence-corrected chi connectivity index (χ3v) is 3.84. The maximum Gasteiger partial charge on any atom is 0.273 e. The molecule has 0 radical (unpaired) electrons.